The van der Waals surface area contributed by atoms with Crippen LogP contribution in [0.5, 0.6) is 11.5 Å². The highest BCUT2D eigenvalue weighted by atomic mass is 16.5. The molecular formula is C21H23N3O3. The van der Waals surface area contributed by atoms with Crippen LogP contribution in [0.15, 0.2) is 40.9 Å². The van der Waals surface area contributed by atoms with Crippen molar-refractivity contribution in [1.82, 2.24) is 9.97 Å². The molecule has 0 unspecified atom stereocenters. The maximum Gasteiger partial charge on any atom is 0.267 e. The van der Waals surface area contributed by atoms with Gasteiger partial charge >= 0.3 is 0 Å². The molecule has 1 saturated carbocycles. The first-order valence-corrected chi connectivity index (χ1v) is 9.50. The van der Waals surface area contributed by atoms with Gasteiger partial charge in [-0.2, -0.15) is 0 Å². The average molecular weight is 365 g/mol. The summed E-state index contributed by atoms with van der Waals surface area (Å²) >= 11 is 0. The monoisotopic (exact) mass is 365 g/mol. The first-order valence-electron chi connectivity index (χ1n) is 9.50. The Bertz CT molecular complexity index is 945. The molecule has 1 fully saturated rings. The summed E-state index contributed by atoms with van der Waals surface area (Å²) in [6, 6.07) is 8.72. The van der Waals surface area contributed by atoms with Crippen LogP contribution in [0.2, 0.25) is 0 Å². The Balaban J connectivity index is 1.45. The molecule has 2 N–H and O–H groups in total. The number of rotatable bonds is 6. The second kappa shape index (κ2) is 7.78. The van der Waals surface area contributed by atoms with Crippen molar-refractivity contribution in [2.45, 2.75) is 44.9 Å². The van der Waals surface area contributed by atoms with Crippen LogP contribution in [0.1, 0.15) is 54.9 Å². The summed E-state index contributed by atoms with van der Waals surface area (Å²) in [6.07, 6.45) is 10.3. The van der Waals surface area contributed by atoms with Gasteiger partial charge in [-0.3, -0.25) is 9.78 Å². The predicted octanol–water partition coefficient (Wildman–Crippen LogP) is 4.63. The molecule has 0 atom stereocenters. The molecule has 1 amide bonds. The van der Waals surface area contributed by atoms with E-state index in [-0.39, 0.29) is 5.69 Å². The summed E-state index contributed by atoms with van der Waals surface area (Å²) in [5.74, 6) is 2.11. The minimum Gasteiger partial charge on any atom is -0.457 e. The van der Waals surface area contributed by atoms with E-state index in [1.165, 1.54) is 44.4 Å². The topological polar surface area (TPSA) is 91.2 Å². The molecule has 6 heteroatoms. The number of hydrogen-bond acceptors (Lipinski definition) is 5. The van der Waals surface area contributed by atoms with Crippen molar-refractivity contribution < 1.29 is 13.9 Å². The van der Waals surface area contributed by atoms with E-state index in [9.17, 15) is 4.79 Å². The van der Waals surface area contributed by atoms with Gasteiger partial charge in [-0.25, -0.2) is 4.98 Å². The van der Waals surface area contributed by atoms with Crippen LogP contribution >= 0.6 is 0 Å². The van der Waals surface area contributed by atoms with E-state index >= 15 is 0 Å². The molecule has 0 spiro atoms. The number of aryl methyl sites for hydroxylation is 1. The van der Waals surface area contributed by atoms with E-state index in [2.05, 4.69) is 9.97 Å². The molecular weight excluding hydrogens is 342 g/mol. The highest BCUT2D eigenvalue weighted by Crippen LogP contribution is 2.29. The zero-order valence-electron chi connectivity index (χ0n) is 15.2. The van der Waals surface area contributed by atoms with Crippen molar-refractivity contribution in [2.75, 3.05) is 0 Å². The molecule has 140 valence electrons. The number of oxazole rings is 1. The van der Waals surface area contributed by atoms with Gasteiger partial charge in [0.25, 0.3) is 5.91 Å². The smallest absolute Gasteiger partial charge is 0.267 e. The van der Waals surface area contributed by atoms with Gasteiger partial charge in [0.2, 0.25) is 0 Å². The summed E-state index contributed by atoms with van der Waals surface area (Å²) in [5.41, 5.74) is 6.95. The number of carbonyl (C=O) groups excluding carboxylic acids is 1. The van der Waals surface area contributed by atoms with Gasteiger partial charge in [-0.05, 0) is 30.5 Å². The van der Waals surface area contributed by atoms with Gasteiger partial charge in [-0.1, -0.05) is 32.1 Å². The lowest BCUT2D eigenvalue weighted by molar-refractivity contribution is 0.0995. The normalized spacial score (nSPS) is 15.1. The predicted molar refractivity (Wildman–Crippen MR) is 102 cm³/mol. The second-order valence-corrected chi connectivity index (χ2v) is 7.12. The van der Waals surface area contributed by atoms with E-state index in [1.54, 1.807) is 6.07 Å². The van der Waals surface area contributed by atoms with Crippen LogP contribution in [0, 0.1) is 5.92 Å². The fourth-order valence-electron chi connectivity index (χ4n) is 3.67. The molecule has 27 heavy (non-hydrogen) atoms. The minimum absolute atomic E-state index is 0.165. The molecule has 4 rings (SSSR count). The molecule has 6 nitrogen and oxygen atoms in total. The molecule has 3 aromatic rings. The number of pyridine rings is 1. The van der Waals surface area contributed by atoms with E-state index < -0.39 is 5.91 Å². The maximum absolute atomic E-state index is 11.2. The fourth-order valence-corrected chi connectivity index (χ4v) is 3.67. The minimum atomic E-state index is -0.589. The van der Waals surface area contributed by atoms with Gasteiger partial charge < -0.3 is 14.9 Å². The van der Waals surface area contributed by atoms with Crippen LogP contribution < -0.4 is 10.5 Å². The third kappa shape index (κ3) is 4.27. The van der Waals surface area contributed by atoms with Crippen LogP contribution in [-0.2, 0) is 6.42 Å². The highest BCUT2D eigenvalue weighted by molar-refractivity contribution is 5.91. The molecule has 0 radical (unpaired) electrons. The van der Waals surface area contributed by atoms with Crippen molar-refractivity contribution in [3.05, 3.63) is 48.1 Å². The summed E-state index contributed by atoms with van der Waals surface area (Å²) in [4.78, 5) is 19.7. The van der Waals surface area contributed by atoms with Gasteiger partial charge in [0.1, 0.15) is 22.7 Å². The summed E-state index contributed by atoms with van der Waals surface area (Å²) in [5, 5.41) is 0. The number of nitrogens with two attached hydrogens (primary N) is 1. The second-order valence-electron chi connectivity index (χ2n) is 7.12. The SMILES string of the molecule is NC(=O)c1cc(Oc2ccc3nc(CCC4CCCCC4)oc3c2)ccn1. The molecule has 0 bridgehead atoms. The molecule has 2 aromatic heterocycles. The van der Waals surface area contributed by atoms with Crippen LogP contribution in [-0.4, -0.2) is 15.9 Å². The van der Waals surface area contributed by atoms with E-state index in [0.717, 1.165) is 30.2 Å². The molecule has 1 aliphatic rings. The number of amides is 1. The Morgan fingerprint density at radius 2 is 1.96 bits per heavy atom. The first-order chi connectivity index (χ1) is 13.2. The lowest BCUT2D eigenvalue weighted by atomic mass is 9.86. The van der Waals surface area contributed by atoms with Crippen LogP contribution in [0.25, 0.3) is 11.1 Å². The highest BCUT2D eigenvalue weighted by Gasteiger charge is 2.15. The lowest BCUT2D eigenvalue weighted by Crippen LogP contribution is -2.12. The number of nitrogens with zero attached hydrogens (tertiary/aromatic N) is 2. The van der Waals surface area contributed by atoms with Crippen molar-refractivity contribution in [2.24, 2.45) is 11.7 Å². The standard InChI is InChI=1S/C21H23N3O3/c22-21(25)18-12-16(10-11-23-18)26-15-7-8-17-19(13-15)27-20(24-17)9-6-14-4-2-1-3-5-14/h7-8,10-14H,1-6,9H2,(H2,22,25). The Morgan fingerprint density at radius 3 is 2.78 bits per heavy atom. The number of fused-ring (bicyclic) bond motifs is 1. The third-order valence-electron chi connectivity index (χ3n) is 5.11. The third-order valence-corrected chi connectivity index (χ3v) is 5.11. The average Bonchev–Trinajstić information content (AvgIpc) is 3.09. The van der Waals surface area contributed by atoms with Crippen molar-refractivity contribution >= 4 is 17.0 Å². The Morgan fingerprint density at radius 1 is 1.15 bits per heavy atom. The van der Waals surface area contributed by atoms with Crippen LogP contribution in [0.3, 0.4) is 0 Å². The zero-order chi connectivity index (χ0) is 18.6. The van der Waals surface area contributed by atoms with Gasteiger partial charge in [-0.15, -0.1) is 0 Å². The summed E-state index contributed by atoms with van der Waals surface area (Å²) in [7, 11) is 0. The van der Waals surface area contributed by atoms with Gasteiger partial charge in [0.15, 0.2) is 11.5 Å². The number of carbonyl (C=O) groups is 1. The number of primary amides is 1. The van der Waals surface area contributed by atoms with E-state index in [1.807, 2.05) is 18.2 Å². The van der Waals surface area contributed by atoms with Crippen molar-refractivity contribution in [1.29, 1.82) is 0 Å². The largest absolute Gasteiger partial charge is 0.457 e. The van der Waals surface area contributed by atoms with Crippen LogP contribution in [0.4, 0.5) is 0 Å². The number of ether oxygens (including phenoxy) is 1. The van der Waals surface area contributed by atoms with Crippen molar-refractivity contribution in [3.8, 4) is 11.5 Å². The quantitative estimate of drug-likeness (QED) is 0.688. The Kier molecular flexibility index (Phi) is 5.05. The molecule has 0 aliphatic heterocycles. The number of benzene rings is 1. The van der Waals surface area contributed by atoms with Gasteiger partial charge in [0, 0.05) is 24.8 Å². The molecule has 0 saturated heterocycles. The molecule has 2 heterocycles. The van der Waals surface area contributed by atoms with E-state index in [0.29, 0.717) is 17.1 Å². The summed E-state index contributed by atoms with van der Waals surface area (Å²) in [6.45, 7) is 0. The van der Waals surface area contributed by atoms with Gasteiger partial charge in [0.05, 0.1) is 0 Å². The first kappa shape index (κ1) is 17.5. The Hall–Kier alpha value is -2.89. The van der Waals surface area contributed by atoms with Crippen molar-refractivity contribution in [3.63, 3.8) is 0 Å². The Labute approximate surface area is 157 Å². The summed E-state index contributed by atoms with van der Waals surface area (Å²) < 4.78 is 11.7. The maximum atomic E-state index is 11.2. The number of aromatic nitrogens is 2. The molecule has 1 aromatic carbocycles. The zero-order valence-corrected chi connectivity index (χ0v) is 15.2. The molecule has 1 aliphatic carbocycles. The fraction of sp³-hybridized carbons (Fsp3) is 0.381. The number of hydrogen-bond donors (Lipinski definition) is 1. The lowest BCUT2D eigenvalue weighted by Gasteiger charge is -2.20. The van der Waals surface area contributed by atoms with E-state index in [4.69, 9.17) is 14.9 Å².